The van der Waals surface area contributed by atoms with Crippen LogP contribution in [0.1, 0.15) is 11.1 Å². The molecule has 4 heteroatoms. The zero-order chi connectivity index (χ0) is 14.4. The van der Waals surface area contributed by atoms with Crippen molar-refractivity contribution in [3.05, 3.63) is 59.7 Å². The van der Waals surface area contributed by atoms with E-state index in [0.29, 0.717) is 5.17 Å². The lowest BCUT2D eigenvalue weighted by molar-refractivity contribution is 0.415. The van der Waals surface area contributed by atoms with E-state index in [4.69, 9.17) is 10.5 Å². The van der Waals surface area contributed by atoms with Crippen LogP contribution in [0.2, 0.25) is 0 Å². The first-order chi connectivity index (χ1) is 9.69. The molecular weight excluding hydrogens is 268 g/mol. The van der Waals surface area contributed by atoms with Crippen LogP contribution in [-0.2, 0) is 5.75 Å². The summed E-state index contributed by atoms with van der Waals surface area (Å²) in [4.78, 5) is 4.39. The number of aliphatic imine (C=N–C) groups is 1. The Kier molecular flexibility index (Phi) is 5.07. The van der Waals surface area contributed by atoms with Crippen molar-refractivity contribution in [2.24, 2.45) is 10.7 Å². The highest BCUT2D eigenvalue weighted by Crippen LogP contribution is 2.22. The van der Waals surface area contributed by atoms with E-state index >= 15 is 0 Å². The number of aryl methyl sites for hydroxylation is 1. The number of thioether (sulfide) groups is 1. The van der Waals surface area contributed by atoms with E-state index in [9.17, 15) is 0 Å². The van der Waals surface area contributed by atoms with Crippen LogP contribution >= 0.6 is 11.8 Å². The molecule has 0 saturated carbocycles. The molecule has 20 heavy (non-hydrogen) atoms. The minimum atomic E-state index is 0.557. The number of hydrogen-bond acceptors (Lipinski definition) is 3. The summed E-state index contributed by atoms with van der Waals surface area (Å²) in [6.45, 7) is 2.10. The molecule has 104 valence electrons. The Balaban J connectivity index is 2.02. The van der Waals surface area contributed by atoms with Crippen LogP contribution in [0.25, 0.3) is 0 Å². The van der Waals surface area contributed by atoms with E-state index in [1.807, 2.05) is 36.4 Å². The van der Waals surface area contributed by atoms with Gasteiger partial charge in [0.1, 0.15) is 5.75 Å². The van der Waals surface area contributed by atoms with E-state index in [1.165, 1.54) is 22.9 Å². The fraction of sp³-hybridized carbons (Fsp3) is 0.188. The van der Waals surface area contributed by atoms with Crippen LogP contribution in [-0.4, -0.2) is 12.3 Å². The summed E-state index contributed by atoms with van der Waals surface area (Å²) in [5.74, 6) is 1.61. The van der Waals surface area contributed by atoms with Gasteiger partial charge in [-0.15, -0.1) is 0 Å². The number of nitrogens with two attached hydrogens (primary N) is 1. The molecule has 0 spiro atoms. The molecule has 0 saturated heterocycles. The second kappa shape index (κ2) is 7.01. The Hall–Kier alpha value is -1.94. The van der Waals surface area contributed by atoms with Gasteiger partial charge in [0, 0.05) is 11.8 Å². The second-order valence-corrected chi connectivity index (χ2v) is 5.36. The molecule has 0 fully saturated rings. The maximum Gasteiger partial charge on any atom is 0.159 e. The summed E-state index contributed by atoms with van der Waals surface area (Å²) in [7, 11) is 1.64. The number of benzene rings is 2. The predicted molar refractivity (Wildman–Crippen MR) is 86.8 cm³/mol. The minimum Gasteiger partial charge on any atom is -0.497 e. The molecule has 2 N–H and O–H groups in total. The molecule has 2 aromatic carbocycles. The third kappa shape index (κ3) is 4.03. The van der Waals surface area contributed by atoms with Crippen molar-refractivity contribution < 1.29 is 4.74 Å². The van der Waals surface area contributed by atoms with E-state index in [0.717, 1.165) is 17.2 Å². The van der Waals surface area contributed by atoms with Crippen LogP contribution in [0.3, 0.4) is 0 Å². The molecule has 0 heterocycles. The smallest absolute Gasteiger partial charge is 0.159 e. The zero-order valence-electron chi connectivity index (χ0n) is 11.7. The van der Waals surface area contributed by atoms with Gasteiger partial charge in [-0.25, -0.2) is 4.99 Å². The fourth-order valence-corrected chi connectivity index (χ4v) is 2.56. The van der Waals surface area contributed by atoms with Crippen molar-refractivity contribution in [1.29, 1.82) is 0 Å². The monoisotopic (exact) mass is 286 g/mol. The number of methoxy groups -OCH3 is 1. The fourth-order valence-electron chi connectivity index (χ4n) is 1.76. The Bertz CT molecular complexity index is 611. The molecule has 0 radical (unpaired) electrons. The Morgan fingerprint density at radius 2 is 2.00 bits per heavy atom. The van der Waals surface area contributed by atoms with Crippen molar-refractivity contribution in [3.63, 3.8) is 0 Å². The molecule has 2 rings (SSSR count). The Morgan fingerprint density at radius 3 is 2.75 bits per heavy atom. The van der Waals surface area contributed by atoms with Gasteiger partial charge in [-0.2, -0.15) is 0 Å². The molecule has 0 unspecified atom stereocenters. The summed E-state index contributed by atoms with van der Waals surface area (Å²) in [5, 5.41) is 0.557. The Labute approximate surface area is 123 Å². The number of amidine groups is 1. The zero-order valence-corrected chi connectivity index (χ0v) is 12.5. The van der Waals surface area contributed by atoms with E-state index in [2.05, 4.69) is 24.0 Å². The van der Waals surface area contributed by atoms with Gasteiger partial charge < -0.3 is 10.5 Å². The lowest BCUT2D eigenvalue weighted by Gasteiger charge is -2.05. The normalized spacial score (nSPS) is 11.4. The molecule has 0 aliphatic carbocycles. The average Bonchev–Trinajstić information content (AvgIpc) is 2.46. The van der Waals surface area contributed by atoms with Crippen LogP contribution in [0.5, 0.6) is 5.75 Å². The number of rotatable bonds is 4. The molecular formula is C16H18N2OS. The van der Waals surface area contributed by atoms with Gasteiger partial charge in [0.25, 0.3) is 0 Å². The van der Waals surface area contributed by atoms with Gasteiger partial charge in [-0.3, -0.25) is 0 Å². The highest BCUT2D eigenvalue weighted by atomic mass is 32.2. The lowest BCUT2D eigenvalue weighted by Crippen LogP contribution is -2.06. The van der Waals surface area contributed by atoms with Gasteiger partial charge in [0.2, 0.25) is 0 Å². The lowest BCUT2D eigenvalue weighted by atomic mass is 10.1. The van der Waals surface area contributed by atoms with Crippen LogP contribution in [0, 0.1) is 6.92 Å². The first-order valence-corrected chi connectivity index (χ1v) is 7.33. The molecule has 0 aromatic heterocycles. The third-order valence-corrected chi connectivity index (χ3v) is 3.77. The molecule has 0 amide bonds. The number of hydrogen-bond donors (Lipinski definition) is 1. The first kappa shape index (κ1) is 14.5. The van der Waals surface area contributed by atoms with Crippen molar-refractivity contribution in [3.8, 4) is 5.75 Å². The van der Waals surface area contributed by atoms with E-state index in [-0.39, 0.29) is 0 Å². The van der Waals surface area contributed by atoms with Crippen LogP contribution < -0.4 is 10.5 Å². The Morgan fingerprint density at radius 1 is 1.20 bits per heavy atom. The minimum absolute atomic E-state index is 0.557. The van der Waals surface area contributed by atoms with Gasteiger partial charge >= 0.3 is 0 Å². The van der Waals surface area contributed by atoms with Crippen LogP contribution in [0.4, 0.5) is 5.69 Å². The van der Waals surface area contributed by atoms with Crippen molar-refractivity contribution >= 4 is 22.6 Å². The van der Waals surface area contributed by atoms with Crippen molar-refractivity contribution in [1.82, 2.24) is 0 Å². The number of ether oxygens (including phenoxy) is 1. The highest BCUT2D eigenvalue weighted by molar-refractivity contribution is 8.13. The molecule has 0 aliphatic rings. The van der Waals surface area contributed by atoms with Gasteiger partial charge in [-0.1, -0.05) is 42.1 Å². The third-order valence-electron chi connectivity index (χ3n) is 2.93. The quantitative estimate of drug-likeness (QED) is 0.685. The predicted octanol–water partition coefficient (Wildman–Crippen LogP) is 3.88. The second-order valence-electron chi connectivity index (χ2n) is 4.37. The maximum absolute atomic E-state index is 5.97. The number of nitrogens with zero attached hydrogens (tertiary/aromatic N) is 1. The standard InChI is InChI=1S/C16H18N2OS/c1-12-6-3-4-7-13(12)11-20-16(17)18-14-8-5-9-15(10-14)19-2/h3-10H,11H2,1-2H3,(H2,17,18). The largest absolute Gasteiger partial charge is 0.497 e. The first-order valence-electron chi connectivity index (χ1n) is 6.34. The molecule has 0 bridgehead atoms. The SMILES string of the molecule is COc1cccc(N=C(N)SCc2ccccc2C)c1. The topological polar surface area (TPSA) is 47.6 Å². The van der Waals surface area contributed by atoms with E-state index < -0.39 is 0 Å². The summed E-state index contributed by atoms with van der Waals surface area (Å²) in [6, 6.07) is 15.8. The molecule has 3 nitrogen and oxygen atoms in total. The molecule has 0 aliphatic heterocycles. The highest BCUT2D eigenvalue weighted by Gasteiger charge is 2.01. The summed E-state index contributed by atoms with van der Waals surface area (Å²) < 4.78 is 5.16. The average molecular weight is 286 g/mol. The van der Waals surface area contributed by atoms with Gasteiger partial charge in [-0.05, 0) is 30.2 Å². The van der Waals surface area contributed by atoms with Gasteiger partial charge in [0.15, 0.2) is 5.17 Å². The van der Waals surface area contributed by atoms with Crippen LogP contribution in [0.15, 0.2) is 53.5 Å². The van der Waals surface area contributed by atoms with Gasteiger partial charge in [0.05, 0.1) is 12.8 Å². The molecule has 2 aromatic rings. The van der Waals surface area contributed by atoms with Crippen molar-refractivity contribution in [2.75, 3.05) is 7.11 Å². The van der Waals surface area contributed by atoms with Crippen molar-refractivity contribution in [2.45, 2.75) is 12.7 Å². The molecule has 0 atom stereocenters. The summed E-state index contributed by atoms with van der Waals surface area (Å²) in [5.41, 5.74) is 9.32. The summed E-state index contributed by atoms with van der Waals surface area (Å²) >= 11 is 1.54. The summed E-state index contributed by atoms with van der Waals surface area (Å²) in [6.07, 6.45) is 0. The van der Waals surface area contributed by atoms with E-state index in [1.54, 1.807) is 7.11 Å². The maximum atomic E-state index is 5.97.